The predicted octanol–water partition coefficient (Wildman–Crippen LogP) is 2.30. The van der Waals surface area contributed by atoms with Crippen molar-refractivity contribution in [1.82, 2.24) is 0 Å². The molecule has 12 heavy (non-hydrogen) atoms. The zero-order valence-corrected chi connectivity index (χ0v) is 6.87. The largest absolute Gasteiger partial charge is 0.240 e. The number of benzene rings is 1. The number of isocyanates is 1. The molecule has 2 nitrogen and oxygen atoms in total. The second-order valence-electron chi connectivity index (χ2n) is 2.52. The van der Waals surface area contributed by atoms with Gasteiger partial charge in [0.05, 0.1) is 5.70 Å². The summed E-state index contributed by atoms with van der Waals surface area (Å²) < 4.78 is 0. The minimum absolute atomic E-state index is 0.449. The monoisotopic (exact) mass is 159 g/mol. The van der Waals surface area contributed by atoms with Gasteiger partial charge in [-0.05, 0) is 6.92 Å². The highest BCUT2D eigenvalue weighted by molar-refractivity contribution is 5.66. The molecule has 0 amide bonds. The summed E-state index contributed by atoms with van der Waals surface area (Å²) in [5.41, 5.74) is 2.47. The highest BCUT2D eigenvalue weighted by atomic mass is 16.1. The molecule has 0 aliphatic carbocycles. The number of hydrogen-bond donors (Lipinski definition) is 0. The van der Waals surface area contributed by atoms with E-state index in [-0.39, 0.29) is 0 Å². The van der Waals surface area contributed by atoms with E-state index in [1.807, 2.05) is 31.2 Å². The second kappa shape index (κ2) is 3.65. The molecule has 0 spiro atoms. The van der Waals surface area contributed by atoms with Gasteiger partial charge in [0.1, 0.15) is 0 Å². The Morgan fingerprint density at radius 2 is 2.00 bits per heavy atom. The van der Waals surface area contributed by atoms with Gasteiger partial charge in [-0.2, -0.15) is 4.99 Å². The molecule has 0 saturated carbocycles. The first-order valence-electron chi connectivity index (χ1n) is 3.58. The third-order valence-corrected chi connectivity index (χ3v) is 1.57. The summed E-state index contributed by atoms with van der Waals surface area (Å²) in [5, 5.41) is 0. The highest BCUT2D eigenvalue weighted by Gasteiger charge is 1.94. The van der Waals surface area contributed by atoms with Crippen molar-refractivity contribution < 1.29 is 4.79 Å². The molecule has 60 valence electrons. The van der Waals surface area contributed by atoms with Crippen LogP contribution >= 0.6 is 0 Å². The fourth-order valence-corrected chi connectivity index (χ4v) is 0.866. The van der Waals surface area contributed by atoms with Crippen molar-refractivity contribution >= 4 is 11.8 Å². The molecular weight excluding hydrogens is 150 g/mol. The Balaban J connectivity index is 2.97. The quantitative estimate of drug-likeness (QED) is 0.481. The van der Waals surface area contributed by atoms with Crippen LogP contribution < -0.4 is 0 Å². The van der Waals surface area contributed by atoms with Gasteiger partial charge in [0.2, 0.25) is 6.08 Å². The first kappa shape index (κ1) is 8.44. The zero-order chi connectivity index (χ0) is 8.97. The lowest BCUT2D eigenvalue weighted by Gasteiger charge is -1.97. The summed E-state index contributed by atoms with van der Waals surface area (Å²) in [7, 11) is 0. The fourth-order valence-electron chi connectivity index (χ4n) is 0.866. The third kappa shape index (κ3) is 1.91. The number of hydrogen-bond acceptors (Lipinski definition) is 2. The summed E-state index contributed by atoms with van der Waals surface area (Å²) in [6.07, 6.45) is 1.46. The zero-order valence-electron chi connectivity index (χ0n) is 6.87. The van der Waals surface area contributed by atoms with Crippen LogP contribution in [0.25, 0.3) is 5.70 Å². The van der Waals surface area contributed by atoms with Crippen LogP contribution in [0.15, 0.2) is 35.8 Å². The summed E-state index contributed by atoms with van der Waals surface area (Å²) in [6, 6.07) is 7.64. The average Bonchev–Trinajstić information content (AvgIpc) is 2.06. The molecule has 0 aliphatic heterocycles. The van der Waals surface area contributed by atoms with Crippen molar-refractivity contribution in [2.75, 3.05) is 0 Å². The SMILES string of the molecule is C=C(N=C=O)c1ccc(C)cc1. The maximum atomic E-state index is 9.90. The van der Waals surface area contributed by atoms with E-state index in [2.05, 4.69) is 11.6 Å². The third-order valence-electron chi connectivity index (χ3n) is 1.57. The maximum absolute atomic E-state index is 9.90. The molecule has 0 fully saturated rings. The molecule has 1 aromatic carbocycles. The van der Waals surface area contributed by atoms with Crippen LogP contribution in [-0.2, 0) is 4.79 Å². The minimum atomic E-state index is 0.449. The van der Waals surface area contributed by atoms with E-state index in [1.54, 1.807) is 0 Å². The van der Waals surface area contributed by atoms with Crippen LogP contribution in [0, 0.1) is 6.92 Å². The van der Waals surface area contributed by atoms with E-state index >= 15 is 0 Å². The van der Waals surface area contributed by atoms with Gasteiger partial charge in [-0.3, -0.25) is 0 Å². The molecule has 0 heterocycles. The van der Waals surface area contributed by atoms with Gasteiger partial charge >= 0.3 is 0 Å². The number of aliphatic imine (C=N–C) groups is 1. The minimum Gasteiger partial charge on any atom is -0.211 e. The first-order chi connectivity index (χ1) is 5.74. The van der Waals surface area contributed by atoms with Crippen molar-refractivity contribution in [2.24, 2.45) is 4.99 Å². The van der Waals surface area contributed by atoms with Crippen LogP contribution in [0.1, 0.15) is 11.1 Å². The number of rotatable bonds is 2. The Labute approximate surface area is 71.3 Å². The van der Waals surface area contributed by atoms with Crippen LogP contribution in [0.4, 0.5) is 0 Å². The Kier molecular flexibility index (Phi) is 2.57. The lowest BCUT2D eigenvalue weighted by molar-refractivity contribution is 0.565. The topological polar surface area (TPSA) is 29.4 Å². The van der Waals surface area contributed by atoms with Gasteiger partial charge in [0.15, 0.2) is 0 Å². The Morgan fingerprint density at radius 3 is 2.50 bits per heavy atom. The molecule has 1 rings (SSSR count). The van der Waals surface area contributed by atoms with Crippen LogP contribution in [0.5, 0.6) is 0 Å². The predicted molar refractivity (Wildman–Crippen MR) is 48.3 cm³/mol. The van der Waals surface area contributed by atoms with Gasteiger partial charge in [0, 0.05) is 5.56 Å². The molecular formula is C10H9NO. The summed E-state index contributed by atoms with van der Waals surface area (Å²) >= 11 is 0. The lowest BCUT2D eigenvalue weighted by Crippen LogP contribution is -1.78. The normalized spacial score (nSPS) is 8.75. The van der Waals surface area contributed by atoms with E-state index < -0.39 is 0 Å². The number of nitrogens with zero attached hydrogens (tertiary/aromatic N) is 1. The van der Waals surface area contributed by atoms with E-state index in [9.17, 15) is 4.79 Å². The fraction of sp³-hybridized carbons (Fsp3) is 0.100. The van der Waals surface area contributed by atoms with Crippen molar-refractivity contribution in [3.63, 3.8) is 0 Å². The lowest BCUT2D eigenvalue weighted by atomic mass is 10.1. The Hall–Kier alpha value is -1.66. The van der Waals surface area contributed by atoms with Crippen LogP contribution in [-0.4, -0.2) is 6.08 Å². The average molecular weight is 159 g/mol. The van der Waals surface area contributed by atoms with Gasteiger partial charge < -0.3 is 0 Å². The summed E-state index contributed by atoms with van der Waals surface area (Å²) in [5.74, 6) is 0. The van der Waals surface area contributed by atoms with Crippen molar-refractivity contribution in [3.8, 4) is 0 Å². The molecule has 1 aromatic rings. The molecule has 0 unspecified atom stereocenters. The Bertz CT molecular complexity index is 331. The standard InChI is InChI=1S/C10H9NO/c1-8-3-5-10(6-4-8)9(2)11-7-12/h3-6H,2H2,1H3. The molecule has 0 bridgehead atoms. The van der Waals surface area contributed by atoms with Gasteiger partial charge in [-0.25, -0.2) is 4.79 Å². The van der Waals surface area contributed by atoms with Crippen LogP contribution in [0.3, 0.4) is 0 Å². The van der Waals surface area contributed by atoms with Crippen molar-refractivity contribution in [2.45, 2.75) is 6.92 Å². The van der Waals surface area contributed by atoms with E-state index in [4.69, 9.17) is 0 Å². The number of aryl methyl sites for hydroxylation is 1. The maximum Gasteiger partial charge on any atom is 0.240 e. The van der Waals surface area contributed by atoms with Gasteiger partial charge in [-0.15, -0.1) is 0 Å². The van der Waals surface area contributed by atoms with Crippen LogP contribution in [0.2, 0.25) is 0 Å². The van der Waals surface area contributed by atoms with Crippen molar-refractivity contribution in [1.29, 1.82) is 0 Å². The first-order valence-corrected chi connectivity index (χ1v) is 3.58. The van der Waals surface area contributed by atoms with E-state index in [0.717, 1.165) is 5.56 Å². The second-order valence-corrected chi connectivity index (χ2v) is 2.52. The summed E-state index contributed by atoms with van der Waals surface area (Å²) in [4.78, 5) is 13.3. The van der Waals surface area contributed by atoms with Gasteiger partial charge in [-0.1, -0.05) is 36.4 Å². The molecule has 2 heteroatoms. The molecule has 0 N–H and O–H groups in total. The Morgan fingerprint density at radius 1 is 1.42 bits per heavy atom. The molecule has 0 saturated heterocycles. The number of carbonyl (C=O) groups excluding carboxylic acids is 1. The van der Waals surface area contributed by atoms with E-state index in [1.165, 1.54) is 11.6 Å². The molecule has 0 aromatic heterocycles. The molecule has 0 atom stereocenters. The van der Waals surface area contributed by atoms with E-state index in [0.29, 0.717) is 5.70 Å². The summed E-state index contributed by atoms with van der Waals surface area (Å²) in [6.45, 7) is 5.61. The van der Waals surface area contributed by atoms with Gasteiger partial charge in [0.25, 0.3) is 0 Å². The smallest absolute Gasteiger partial charge is 0.211 e. The molecule has 0 radical (unpaired) electrons. The van der Waals surface area contributed by atoms with Crippen molar-refractivity contribution in [3.05, 3.63) is 42.0 Å². The molecule has 0 aliphatic rings. The highest BCUT2D eigenvalue weighted by Crippen LogP contribution is 2.13.